The topological polar surface area (TPSA) is 61.4 Å². The molecule has 1 aromatic rings. The smallest absolute Gasteiger partial charge is 0.240 e. The van der Waals surface area contributed by atoms with Gasteiger partial charge in [-0.1, -0.05) is 12.1 Å². The predicted molar refractivity (Wildman–Crippen MR) is 80.0 cm³/mol. The molecular formula is C14H23N3O2S. The summed E-state index contributed by atoms with van der Waals surface area (Å²) < 4.78 is 27.1. The molecule has 1 saturated heterocycles. The average Bonchev–Trinajstić information content (AvgIpc) is 2.89. The van der Waals surface area contributed by atoms with E-state index in [4.69, 9.17) is 0 Å². The third kappa shape index (κ3) is 4.28. The molecule has 1 aromatic carbocycles. The minimum Gasteiger partial charge on any atom is -0.316 e. The standard InChI is InChI=1S/C14H23N3O2S/c1-17(2)11-12-3-5-14(6-4-12)20(18,19)16-10-13-7-8-15-9-13/h3-6,13,15-16H,7-11H2,1-2H3. The van der Waals surface area contributed by atoms with E-state index in [9.17, 15) is 8.42 Å². The molecule has 20 heavy (non-hydrogen) atoms. The fraction of sp³-hybridized carbons (Fsp3) is 0.571. The van der Waals surface area contributed by atoms with Crippen molar-refractivity contribution < 1.29 is 8.42 Å². The van der Waals surface area contributed by atoms with E-state index in [1.165, 1.54) is 0 Å². The third-order valence-electron chi connectivity index (χ3n) is 3.46. The Labute approximate surface area is 121 Å². The van der Waals surface area contributed by atoms with Gasteiger partial charge < -0.3 is 10.2 Å². The van der Waals surface area contributed by atoms with Crippen LogP contribution in [0.5, 0.6) is 0 Å². The molecule has 0 amide bonds. The summed E-state index contributed by atoms with van der Waals surface area (Å²) in [6.07, 6.45) is 1.03. The van der Waals surface area contributed by atoms with Crippen molar-refractivity contribution in [3.8, 4) is 0 Å². The molecule has 6 heteroatoms. The second kappa shape index (κ2) is 6.67. The zero-order valence-electron chi connectivity index (χ0n) is 12.1. The van der Waals surface area contributed by atoms with Crippen LogP contribution in [-0.2, 0) is 16.6 Å². The molecule has 1 fully saturated rings. The summed E-state index contributed by atoms with van der Waals surface area (Å²) in [4.78, 5) is 2.39. The SMILES string of the molecule is CN(C)Cc1ccc(S(=O)(=O)NCC2CCNC2)cc1. The molecule has 2 rings (SSSR count). The van der Waals surface area contributed by atoms with Gasteiger partial charge in [0.15, 0.2) is 0 Å². The Hall–Kier alpha value is -0.950. The van der Waals surface area contributed by atoms with Gasteiger partial charge in [0, 0.05) is 13.1 Å². The number of sulfonamides is 1. The molecule has 1 aliphatic heterocycles. The molecule has 1 unspecified atom stereocenters. The van der Waals surface area contributed by atoms with Crippen molar-refractivity contribution in [3.05, 3.63) is 29.8 Å². The van der Waals surface area contributed by atoms with Gasteiger partial charge in [0.05, 0.1) is 4.90 Å². The molecule has 1 heterocycles. The number of hydrogen-bond acceptors (Lipinski definition) is 4. The highest BCUT2D eigenvalue weighted by Gasteiger charge is 2.19. The number of hydrogen-bond donors (Lipinski definition) is 2. The molecule has 0 aromatic heterocycles. The summed E-state index contributed by atoms with van der Waals surface area (Å²) in [6.45, 7) is 3.19. The maximum Gasteiger partial charge on any atom is 0.240 e. The summed E-state index contributed by atoms with van der Waals surface area (Å²) >= 11 is 0. The number of benzene rings is 1. The van der Waals surface area contributed by atoms with Crippen LogP contribution in [0.3, 0.4) is 0 Å². The summed E-state index contributed by atoms with van der Waals surface area (Å²) in [5.74, 6) is 0.401. The van der Waals surface area contributed by atoms with Crippen LogP contribution in [0, 0.1) is 5.92 Å². The Morgan fingerprint density at radius 3 is 2.55 bits per heavy atom. The van der Waals surface area contributed by atoms with E-state index in [1.807, 2.05) is 26.2 Å². The monoisotopic (exact) mass is 297 g/mol. The van der Waals surface area contributed by atoms with Crippen molar-refractivity contribution in [1.29, 1.82) is 0 Å². The highest BCUT2D eigenvalue weighted by molar-refractivity contribution is 7.89. The van der Waals surface area contributed by atoms with Crippen LogP contribution in [0.25, 0.3) is 0 Å². The first-order valence-corrected chi connectivity index (χ1v) is 8.40. The van der Waals surface area contributed by atoms with E-state index in [0.717, 1.165) is 31.6 Å². The molecule has 0 spiro atoms. The van der Waals surface area contributed by atoms with Crippen LogP contribution >= 0.6 is 0 Å². The largest absolute Gasteiger partial charge is 0.316 e. The van der Waals surface area contributed by atoms with Crippen LogP contribution in [0.15, 0.2) is 29.2 Å². The molecule has 0 aliphatic carbocycles. The van der Waals surface area contributed by atoms with E-state index in [2.05, 4.69) is 14.9 Å². The lowest BCUT2D eigenvalue weighted by Gasteiger charge is -2.12. The Bertz CT molecular complexity index is 520. The zero-order chi connectivity index (χ0) is 14.6. The molecule has 0 bridgehead atoms. The Morgan fingerprint density at radius 2 is 2.00 bits per heavy atom. The molecule has 0 saturated carbocycles. The lowest BCUT2D eigenvalue weighted by atomic mass is 10.1. The van der Waals surface area contributed by atoms with Gasteiger partial charge in [0.1, 0.15) is 0 Å². The van der Waals surface area contributed by atoms with Gasteiger partial charge in [-0.2, -0.15) is 0 Å². The first kappa shape index (κ1) is 15.4. The highest BCUT2D eigenvalue weighted by atomic mass is 32.2. The Morgan fingerprint density at radius 1 is 1.30 bits per heavy atom. The summed E-state index contributed by atoms with van der Waals surface area (Å²) in [5, 5.41) is 3.23. The van der Waals surface area contributed by atoms with Gasteiger partial charge in [-0.3, -0.25) is 0 Å². The fourth-order valence-electron chi connectivity index (χ4n) is 2.34. The number of rotatable bonds is 6. The van der Waals surface area contributed by atoms with Gasteiger partial charge in [0.25, 0.3) is 0 Å². The fourth-order valence-corrected chi connectivity index (χ4v) is 3.45. The van der Waals surface area contributed by atoms with Crippen LogP contribution < -0.4 is 10.0 Å². The molecule has 2 N–H and O–H groups in total. The van der Waals surface area contributed by atoms with Crippen LogP contribution in [0.4, 0.5) is 0 Å². The van der Waals surface area contributed by atoms with E-state index < -0.39 is 10.0 Å². The second-order valence-corrected chi connectivity index (χ2v) is 7.36. The normalized spacial score (nSPS) is 19.6. The van der Waals surface area contributed by atoms with E-state index in [1.54, 1.807) is 12.1 Å². The maximum atomic E-state index is 12.2. The lowest BCUT2D eigenvalue weighted by Crippen LogP contribution is -2.30. The van der Waals surface area contributed by atoms with E-state index >= 15 is 0 Å². The van der Waals surface area contributed by atoms with Crippen LogP contribution in [0.2, 0.25) is 0 Å². The first-order valence-electron chi connectivity index (χ1n) is 6.91. The molecule has 1 aliphatic rings. The summed E-state index contributed by atoms with van der Waals surface area (Å²) in [7, 11) is 0.592. The molecule has 0 radical (unpaired) electrons. The van der Waals surface area contributed by atoms with Gasteiger partial charge in [-0.25, -0.2) is 13.1 Å². The number of nitrogens with one attached hydrogen (secondary N) is 2. The van der Waals surface area contributed by atoms with Crippen molar-refractivity contribution in [3.63, 3.8) is 0 Å². The van der Waals surface area contributed by atoms with E-state index in [0.29, 0.717) is 17.4 Å². The zero-order valence-corrected chi connectivity index (χ0v) is 12.9. The number of nitrogens with zero attached hydrogens (tertiary/aromatic N) is 1. The second-order valence-electron chi connectivity index (χ2n) is 5.59. The van der Waals surface area contributed by atoms with Gasteiger partial charge in [0.2, 0.25) is 10.0 Å². The molecule has 112 valence electrons. The first-order chi connectivity index (χ1) is 9.47. The molecular weight excluding hydrogens is 274 g/mol. The highest BCUT2D eigenvalue weighted by Crippen LogP contribution is 2.13. The lowest BCUT2D eigenvalue weighted by molar-refractivity contribution is 0.402. The van der Waals surface area contributed by atoms with Crippen molar-refractivity contribution in [2.45, 2.75) is 17.9 Å². The van der Waals surface area contributed by atoms with Crippen molar-refractivity contribution in [1.82, 2.24) is 14.9 Å². The minimum absolute atomic E-state index is 0.339. The van der Waals surface area contributed by atoms with Crippen molar-refractivity contribution in [2.75, 3.05) is 33.7 Å². The van der Waals surface area contributed by atoms with Gasteiger partial charge in [-0.05, 0) is 57.2 Å². The maximum absolute atomic E-state index is 12.2. The molecule has 5 nitrogen and oxygen atoms in total. The van der Waals surface area contributed by atoms with Gasteiger partial charge in [-0.15, -0.1) is 0 Å². The minimum atomic E-state index is -3.38. The quantitative estimate of drug-likeness (QED) is 0.809. The summed E-state index contributed by atoms with van der Waals surface area (Å²) in [5.41, 5.74) is 1.11. The van der Waals surface area contributed by atoms with Crippen molar-refractivity contribution >= 4 is 10.0 Å². The Balaban J connectivity index is 1.97. The van der Waals surface area contributed by atoms with Crippen molar-refractivity contribution in [2.24, 2.45) is 5.92 Å². The van der Waals surface area contributed by atoms with Gasteiger partial charge >= 0.3 is 0 Å². The third-order valence-corrected chi connectivity index (χ3v) is 4.90. The van der Waals surface area contributed by atoms with Crippen LogP contribution in [-0.4, -0.2) is 47.0 Å². The average molecular weight is 297 g/mol. The predicted octanol–water partition coefficient (Wildman–Crippen LogP) is 0.636. The Kier molecular flexibility index (Phi) is 5.15. The summed E-state index contributed by atoms with van der Waals surface area (Å²) in [6, 6.07) is 7.08. The van der Waals surface area contributed by atoms with E-state index in [-0.39, 0.29) is 0 Å². The van der Waals surface area contributed by atoms with Crippen LogP contribution in [0.1, 0.15) is 12.0 Å². The molecule has 1 atom stereocenters.